The van der Waals surface area contributed by atoms with Crippen molar-refractivity contribution in [1.29, 1.82) is 0 Å². The first-order valence-corrected chi connectivity index (χ1v) is 5.96. The highest BCUT2D eigenvalue weighted by atomic mass is 16.5. The summed E-state index contributed by atoms with van der Waals surface area (Å²) in [4.78, 5) is 0. The van der Waals surface area contributed by atoms with Crippen molar-refractivity contribution in [3.8, 4) is 0 Å². The second-order valence-corrected chi connectivity index (χ2v) is 4.21. The number of hydrogen-bond acceptors (Lipinski definition) is 3. The van der Waals surface area contributed by atoms with E-state index in [1.807, 2.05) is 30.8 Å². The highest BCUT2D eigenvalue weighted by Gasteiger charge is 2.11. The number of aromatic nitrogens is 2. The molecule has 17 heavy (non-hydrogen) atoms. The fourth-order valence-corrected chi connectivity index (χ4v) is 2.02. The van der Waals surface area contributed by atoms with Gasteiger partial charge in [-0.1, -0.05) is 18.2 Å². The van der Waals surface area contributed by atoms with Crippen LogP contribution in [0.1, 0.15) is 12.6 Å². The largest absolute Gasteiger partial charge is 0.380 e. The molecule has 0 radical (unpaired) electrons. The number of rotatable bonds is 5. The summed E-state index contributed by atoms with van der Waals surface area (Å²) in [5, 5.41) is 5.70. The topological polar surface area (TPSA) is 53.1 Å². The van der Waals surface area contributed by atoms with Crippen molar-refractivity contribution >= 4 is 10.9 Å². The lowest BCUT2D eigenvalue weighted by molar-refractivity contribution is 0.133. The van der Waals surface area contributed by atoms with E-state index in [0.29, 0.717) is 13.2 Å². The summed E-state index contributed by atoms with van der Waals surface area (Å²) in [5.74, 6) is 0. The van der Waals surface area contributed by atoms with E-state index < -0.39 is 0 Å². The smallest absolute Gasteiger partial charge is 0.0719 e. The van der Waals surface area contributed by atoms with Crippen molar-refractivity contribution in [2.75, 3.05) is 13.2 Å². The molecule has 1 aromatic heterocycles. The lowest BCUT2D eigenvalue weighted by Crippen LogP contribution is -2.28. The molecule has 2 aromatic rings. The van der Waals surface area contributed by atoms with Gasteiger partial charge in [0.15, 0.2) is 0 Å². The first kappa shape index (κ1) is 12.1. The lowest BCUT2D eigenvalue weighted by atomic mass is 10.1. The Hall–Kier alpha value is -1.39. The van der Waals surface area contributed by atoms with Crippen LogP contribution < -0.4 is 5.73 Å². The molecule has 4 nitrogen and oxygen atoms in total. The number of aryl methyl sites for hydroxylation is 1. The van der Waals surface area contributed by atoms with E-state index in [1.54, 1.807) is 0 Å². The first-order chi connectivity index (χ1) is 8.22. The second kappa shape index (κ2) is 5.29. The van der Waals surface area contributed by atoms with Gasteiger partial charge in [-0.15, -0.1) is 0 Å². The number of fused-ring (bicyclic) bond motifs is 1. The minimum Gasteiger partial charge on any atom is -0.380 e. The zero-order valence-electron chi connectivity index (χ0n) is 10.4. The monoisotopic (exact) mass is 233 g/mol. The third-order valence-electron chi connectivity index (χ3n) is 2.83. The Balaban J connectivity index is 2.18. The van der Waals surface area contributed by atoms with E-state index in [4.69, 9.17) is 10.5 Å². The third-order valence-corrected chi connectivity index (χ3v) is 2.83. The summed E-state index contributed by atoms with van der Waals surface area (Å²) >= 11 is 0. The number of nitrogens with zero attached hydrogens (tertiary/aromatic N) is 2. The Bertz CT molecular complexity index is 492. The molecule has 0 spiro atoms. The van der Waals surface area contributed by atoms with Gasteiger partial charge in [-0.25, -0.2) is 0 Å². The van der Waals surface area contributed by atoms with Crippen molar-refractivity contribution < 1.29 is 4.74 Å². The fourth-order valence-electron chi connectivity index (χ4n) is 2.02. The molecule has 1 atom stereocenters. The molecule has 1 aromatic carbocycles. The normalized spacial score (nSPS) is 13.1. The van der Waals surface area contributed by atoms with Crippen molar-refractivity contribution in [2.24, 2.45) is 12.8 Å². The highest BCUT2D eigenvalue weighted by Crippen LogP contribution is 2.18. The van der Waals surface area contributed by atoms with Gasteiger partial charge in [-0.2, -0.15) is 5.10 Å². The Morgan fingerprint density at radius 3 is 2.94 bits per heavy atom. The fraction of sp³-hybridized carbons (Fsp3) is 0.462. The molecule has 92 valence electrons. The lowest BCUT2D eigenvalue weighted by Gasteiger charge is -2.09. The molecule has 0 aliphatic heterocycles. The minimum atomic E-state index is 0.00764. The van der Waals surface area contributed by atoms with E-state index in [9.17, 15) is 0 Å². The maximum atomic E-state index is 6.02. The van der Waals surface area contributed by atoms with Crippen LogP contribution in [0.5, 0.6) is 0 Å². The van der Waals surface area contributed by atoms with Gasteiger partial charge in [0.25, 0.3) is 0 Å². The SMILES string of the molecule is CCOCC(N)Cc1nn(C)c2ccccc12. The number of nitrogens with two attached hydrogens (primary N) is 1. The molecule has 0 amide bonds. The van der Waals surface area contributed by atoms with Gasteiger partial charge in [0, 0.05) is 31.5 Å². The molecule has 2 rings (SSSR count). The molecule has 1 heterocycles. The molecule has 1 unspecified atom stereocenters. The van der Waals surface area contributed by atoms with Crippen LogP contribution in [0.15, 0.2) is 24.3 Å². The average Bonchev–Trinajstić information content (AvgIpc) is 2.65. The second-order valence-electron chi connectivity index (χ2n) is 4.21. The first-order valence-electron chi connectivity index (χ1n) is 5.96. The van der Waals surface area contributed by atoms with Crippen LogP contribution in [0.3, 0.4) is 0 Å². The van der Waals surface area contributed by atoms with Gasteiger partial charge in [0.1, 0.15) is 0 Å². The van der Waals surface area contributed by atoms with Crippen LogP contribution >= 0.6 is 0 Å². The summed E-state index contributed by atoms with van der Waals surface area (Å²) < 4.78 is 7.23. The van der Waals surface area contributed by atoms with Crippen molar-refractivity contribution in [1.82, 2.24) is 9.78 Å². The quantitative estimate of drug-likeness (QED) is 0.851. The van der Waals surface area contributed by atoms with E-state index >= 15 is 0 Å². The molecule has 0 bridgehead atoms. The standard InChI is InChI=1S/C13H19N3O/c1-3-17-9-10(14)8-12-11-6-4-5-7-13(11)16(2)15-12/h4-7,10H,3,8-9,14H2,1-2H3. The summed E-state index contributed by atoms with van der Waals surface area (Å²) in [5.41, 5.74) is 8.21. The number of hydrogen-bond donors (Lipinski definition) is 1. The molecular formula is C13H19N3O. The predicted molar refractivity (Wildman–Crippen MR) is 68.9 cm³/mol. The Kier molecular flexibility index (Phi) is 3.76. The van der Waals surface area contributed by atoms with E-state index in [-0.39, 0.29) is 6.04 Å². The van der Waals surface area contributed by atoms with Crippen molar-refractivity contribution in [3.63, 3.8) is 0 Å². The van der Waals surface area contributed by atoms with Gasteiger partial charge in [-0.3, -0.25) is 4.68 Å². The zero-order valence-corrected chi connectivity index (χ0v) is 10.4. The van der Waals surface area contributed by atoms with Crippen LogP contribution in [0.25, 0.3) is 10.9 Å². The van der Waals surface area contributed by atoms with Crippen LogP contribution in [-0.4, -0.2) is 29.0 Å². The van der Waals surface area contributed by atoms with Crippen molar-refractivity contribution in [3.05, 3.63) is 30.0 Å². The molecular weight excluding hydrogens is 214 g/mol. The Morgan fingerprint density at radius 1 is 1.41 bits per heavy atom. The van der Waals surface area contributed by atoms with Crippen molar-refractivity contribution in [2.45, 2.75) is 19.4 Å². The summed E-state index contributed by atoms with van der Waals surface area (Å²) in [6, 6.07) is 8.22. The Labute approximate surface area is 101 Å². The predicted octanol–water partition coefficient (Wildman–Crippen LogP) is 1.48. The van der Waals surface area contributed by atoms with Crippen LogP contribution in [0.2, 0.25) is 0 Å². The average molecular weight is 233 g/mol. The summed E-state index contributed by atoms with van der Waals surface area (Å²) in [6.07, 6.45) is 0.751. The van der Waals surface area contributed by atoms with Gasteiger partial charge in [0.2, 0.25) is 0 Å². The van der Waals surface area contributed by atoms with Crippen LogP contribution in [0.4, 0.5) is 0 Å². The number of benzene rings is 1. The van der Waals surface area contributed by atoms with Gasteiger partial charge in [-0.05, 0) is 13.0 Å². The maximum absolute atomic E-state index is 6.02. The summed E-state index contributed by atoms with van der Waals surface area (Å²) in [7, 11) is 1.96. The van der Waals surface area contributed by atoms with Gasteiger partial charge < -0.3 is 10.5 Å². The third kappa shape index (κ3) is 2.65. The van der Waals surface area contributed by atoms with Gasteiger partial charge in [0.05, 0.1) is 17.8 Å². The van der Waals surface area contributed by atoms with E-state index in [1.165, 1.54) is 5.39 Å². The van der Waals surface area contributed by atoms with Crippen LogP contribution in [-0.2, 0) is 18.2 Å². The molecule has 0 saturated carbocycles. The van der Waals surface area contributed by atoms with Gasteiger partial charge >= 0.3 is 0 Å². The highest BCUT2D eigenvalue weighted by molar-refractivity contribution is 5.81. The van der Waals surface area contributed by atoms with Crippen LogP contribution in [0, 0.1) is 0 Å². The molecule has 0 aliphatic carbocycles. The molecule has 4 heteroatoms. The van der Waals surface area contributed by atoms with E-state index in [2.05, 4.69) is 17.2 Å². The Morgan fingerprint density at radius 2 is 2.18 bits per heavy atom. The maximum Gasteiger partial charge on any atom is 0.0719 e. The molecule has 0 saturated heterocycles. The van der Waals surface area contributed by atoms with E-state index in [0.717, 1.165) is 17.6 Å². The molecule has 2 N–H and O–H groups in total. The number of para-hydroxylation sites is 1. The number of ether oxygens (including phenoxy) is 1. The minimum absolute atomic E-state index is 0.00764. The zero-order chi connectivity index (χ0) is 12.3. The summed E-state index contributed by atoms with van der Waals surface area (Å²) in [6.45, 7) is 3.26. The molecule has 0 fully saturated rings. The molecule has 0 aliphatic rings.